The van der Waals surface area contributed by atoms with Crippen molar-refractivity contribution in [1.82, 2.24) is 14.9 Å². The average Bonchev–Trinajstić information content (AvgIpc) is 2.60. The standard InChI is InChI=1S/C19H25N5O3/c1-6-26-17-10-15(7-8-16(17)27-12-18(25)24(4)5)11-20-23-19-21-13(2)9-14(3)22-19/h7-11H,6,12H2,1-5H3,(H,21,22,23)/b20-11-. The van der Waals surface area contributed by atoms with Crippen LogP contribution >= 0.6 is 0 Å². The van der Waals surface area contributed by atoms with Gasteiger partial charge in [-0.2, -0.15) is 5.10 Å². The molecule has 0 aliphatic heterocycles. The predicted molar refractivity (Wildman–Crippen MR) is 105 cm³/mol. The molecule has 0 atom stereocenters. The Kier molecular flexibility index (Phi) is 7.10. The summed E-state index contributed by atoms with van der Waals surface area (Å²) in [5, 5.41) is 4.17. The van der Waals surface area contributed by atoms with E-state index in [0.717, 1.165) is 17.0 Å². The molecule has 1 aromatic carbocycles. The fraction of sp³-hybridized carbons (Fsp3) is 0.368. The summed E-state index contributed by atoms with van der Waals surface area (Å²) in [6, 6.07) is 7.27. The molecule has 0 fully saturated rings. The number of nitrogens with one attached hydrogen (secondary N) is 1. The summed E-state index contributed by atoms with van der Waals surface area (Å²) in [4.78, 5) is 21.7. The van der Waals surface area contributed by atoms with E-state index in [4.69, 9.17) is 9.47 Å². The van der Waals surface area contributed by atoms with Crippen LogP contribution in [0.25, 0.3) is 0 Å². The van der Waals surface area contributed by atoms with Gasteiger partial charge in [-0.25, -0.2) is 15.4 Å². The summed E-state index contributed by atoms with van der Waals surface area (Å²) in [6.07, 6.45) is 1.64. The van der Waals surface area contributed by atoms with Crippen molar-refractivity contribution in [1.29, 1.82) is 0 Å². The highest BCUT2D eigenvalue weighted by molar-refractivity contribution is 5.81. The van der Waals surface area contributed by atoms with Gasteiger partial charge in [0.15, 0.2) is 18.1 Å². The van der Waals surface area contributed by atoms with Gasteiger partial charge in [0.25, 0.3) is 5.91 Å². The lowest BCUT2D eigenvalue weighted by atomic mass is 10.2. The van der Waals surface area contributed by atoms with Gasteiger partial charge in [-0.1, -0.05) is 0 Å². The van der Waals surface area contributed by atoms with E-state index in [1.165, 1.54) is 4.90 Å². The molecule has 0 bridgehead atoms. The van der Waals surface area contributed by atoms with Crippen LogP contribution in [0.2, 0.25) is 0 Å². The summed E-state index contributed by atoms with van der Waals surface area (Å²) in [5.41, 5.74) is 5.36. The third kappa shape index (κ3) is 6.25. The number of ether oxygens (including phenoxy) is 2. The highest BCUT2D eigenvalue weighted by atomic mass is 16.5. The first-order valence-electron chi connectivity index (χ1n) is 8.60. The Hall–Kier alpha value is -3.16. The first-order chi connectivity index (χ1) is 12.9. The minimum Gasteiger partial charge on any atom is -0.490 e. The Morgan fingerprint density at radius 3 is 2.48 bits per heavy atom. The van der Waals surface area contributed by atoms with Gasteiger partial charge >= 0.3 is 0 Å². The quantitative estimate of drug-likeness (QED) is 0.566. The Balaban J connectivity index is 2.08. The van der Waals surface area contributed by atoms with E-state index in [1.807, 2.05) is 32.9 Å². The maximum absolute atomic E-state index is 11.7. The molecule has 2 aromatic rings. The third-order valence-electron chi connectivity index (χ3n) is 3.48. The number of hydrogen-bond donors (Lipinski definition) is 1. The molecule has 0 saturated carbocycles. The summed E-state index contributed by atoms with van der Waals surface area (Å²) in [6.45, 7) is 6.11. The van der Waals surface area contributed by atoms with Crippen molar-refractivity contribution in [3.05, 3.63) is 41.2 Å². The van der Waals surface area contributed by atoms with E-state index in [9.17, 15) is 4.79 Å². The van der Waals surface area contributed by atoms with Gasteiger partial charge in [-0.3, -0.25) is 4.79 Å². The lowest BCUT2D eigenvalue weighted by molar-refractivity contribution is -0.130. The van der Waals surface area contributed by atoms with Gasteiger partial charge in [0.05, 0.1) is 12.8 Å². The first kappa shape index (κ1) is 20.2. The van der Waals surface area contributed by atoms with Crippen LogP contribution in [0.15, 0.2) is 29.4 Å². The van der Waals surface area contributed by atoms with Crippen LogP contribution in [0.4, 0.5) is 5.95 Å². The van der Waals surface area contributed by atoms with E-state index in [1.54, 1.807) is 32.4 Å². The number of hydrazone groups is 1. The minimum absolute atomic E-state index is 0.0495. The Morgan fingerprint density at radius 2 is 1.85 bits per heavy atom. The van der Waals surface area contributed by atoms with Crippen LogP contribution in [-0.4, -0.2) is 54.3 Å². The molecule has 2 rings (SSSR count). The zero-order valence-electron chi connectivity index (χ0n) is 16.3. The number of hydrogen-bond acceptors (Lipinski definition) is 7. The number of likely N-dealkylation sites (N-methyl/N-ethyl adjacent to an activating group) is 1. The van der Waals surface area contributed by atoms with Crippen LogP contribution in [0.1, 0.15) is 23.9 Å². The van der Waals surface area contributed by atoms with Crippen molar-refractivity contribution in [3.63, 3.8) is 0 Å². The largest absolute Gasteiger partial charge is 0.490 e. The number of aromatic nitrogens is 2. The number of benzene rings is 1. The molecule has 0 spiro atoms. The number of aryl methyl sites for hydroxylation is 2. The molecule has 0 aliphatic carbocycles. The summed E-state index contributed by atoms with van der Waals surface area (Å²) < 4.78 is 11.2. The molecule has 0 aliphatic rings. The molecule has 144 valence electrons. The second-order valence-electron chi connectivity index (χ2n) is 6.06. The Bertz CT molecular complexity index is 801. The van der Waals surface area contributed by atoms with Crippen molar-refractivity contribution in [2.24, 2.45) is 5.10 Å². The molecule has 8 nitrogen and oxygen atoms in total. The van der Waals surface area contributed by atoms with Crippen molar-refractivity contribution < 1.29 is 14.3 Å². The number of anilines is 1. The van der Waals surface area contributed by atoms with Gasteiger partial charge in [0.2, 0.25) is 5.95 Å². The molecule has 8 heteroatoms. The second kappa shape index (κ2) is 9.51. The van der Waals surface area contributed by atoms with Gasteiger partial charge in [0, 0.05) is 25.5 Å². The Labute approximate surface area is 159 Å². The van der Waals surface area contributed by atoms with Gasteiger partial charge in [0.1, 0.15) is 0 Å². The van der Waals surface area contributed by atoms with E-state index in [0.29, 0.717) is 24.1 Å². The number of carbonyl (C=O) groups is 1. The normalized spacial score (nSPS) is 10.7. The monoisotopic (exact) mass is 371 g/mol. The van der Waals surface area contributed by atoms with Crippen molar-refractivity contribution in [2.75, 3.05) is 32.7 Å². The fourth-order valence-corrected chi connectivity index (χ4v) is 2.20. The summed E-state index contributed by atoms with van der Waals surface area (Å²) in [5.74, 6) is 1.38. The summed E-state index contributed by atoms with van der Waals surface area (Å²) in [7, 11) is 3.36. The fourth-order valence-electron chi connectivity index (χ4n) is 2.20. The second-order valence-corrected chi connectivity index (χ2v) is 6.06. The smallest absolute Gasteiger partial charge is 0.259 e. The molecule has 1 heterocycles. The van der Waals surface area contributed by atoms with E-state index >= 15 is 0 Å². The summed E-state index contributed by atoms with van der Waals surface area (Å²) >= 11 is 0. The lowest BCUT2D eigenvalue weighted by Crippen LogP contribution is -2.27. The van der Waals surface area contributed by atoms with Gasteiger partial charge in [-0.15, -0.1) is 0 Å². The molecule has 0 radical (unpaired) electrons. The number of rotatable bonds is 8. The van der Waals surface area contributed by atoms with Crippen LogP contribution < -0.4 is 14.9 Å². The van der Waals surface area contributed by atoms with Crippen LogP contribution in [0, 0.1) is 13.8 Å². The number of amides is 1. The molecule has 1 N–H and O–H groups in total. The molecule has 1 aromatic heterocycles. The number of nitrogens with zero attached hydrogens (tertiary/aromatic N) is 4. The van der Waals surface area contributed by atoms with E-state index < -0.39 is 0 Å². The maximum atomic E-state index is 11.7. The van der Waals surface area contributed by atoms with E-state index in [2.05, 4.69) is 20.5 Å². The molecular weight excluding hydrogens is 346 g/mol. The first-order valence-corrected chi connectivity index (χ1v) is 8.60. The highest BCUT2D eigenvalue weighted by Crippen LogP contribution is 2.28. The van der Waals surface area contributed by atoms with Crippen LogP contribution in [-0.2, 0) is 4.79 Å². The van der Waals surface area contributed by atoms with E-state index in [-0.39, 0.29) is 12.5 Å². The van der Waals surface area contributed by atoms with Gasteiger partial charge in [-0.05, 0) is 50.6 Å². The minimum atomic E-state index is -0.124. The van der Waals surface area contributed by atoms with Crippen molar-refractivity contribution in [2.45, 2.75) is 20.8 Å². The highest BCUT2D eigenvalue weighted by Gasteiger charge is 2.10. The van der Waals surface area contributed by atoms with Crippen LogP contribution in [0.5, 0.6) is 11.5 Å². The zero-order valence-corrected chi connectivity index (χ0v) is 16.3. The molecule has 0 unspecified atom stereocenters. The number of carbonyl (C=O) groups excluding carboxylic acids is 1. The third-order valence-corrected chi connectivity index (χ3v) is 3.48. The van der Waals surface area contributed by atoms with Crippen molar-refractivity contribution in [3.8, 4) is 11.5 Å². The topological polar surface area (TPSA) is 88.9 Å². The Morgan fingerprint density at radius 1 is 1.15 bits per heavy atom. The predicted octanol–water partition coefficient (Wildman–Crippen LogP) is 2.41. The molecule has 0 saturated heterocycles. The molecule has 1 amide bonds. The SMILES string of the molecule is CCOc1cc(/C=N\Nc2nc(C)cc(C)n2)ccc1OCC(=O)N(C)C. The van der Waals surface area contributed by atoms with Gasteiger partial charge < -0.3 is 14.4 Å². The zero-order chi connectivity index (χ0) is 19.8. The van der Waals surface area contributed by atoms with Crippen molar-refractivity contribution >= 4 is 18.1 Å². The molecular formula is C19H25N5O3. The maximum Gasteiger partial charge on any atom is 0.259 e. The molecule has 27 heavy (non-hydrogen) atoms. The van der Waals surface area contributed by atoms with Crippen LogP contribution in [0.3, 0.4) is 0 Å². The lowest BCUT2D eigenvalue weighted by Gasteiger charge is -2.14. The average molecular weight is 371 g/mol.